The molecule has 0 aliphatic heterocycles. The highest BCUT2D eigenvalue weighted by Crippen LogP contribution is 2.37. The van der Waals surface area contributed by atoms with Crippen LogP contribution in [0.2, 0.25) is 0 Å². The van der Waals surface area contributed by atoms with Gasteiger partial charge in [-0.15, -0.1) is 0 Å². The van der Waals surface area contributed by atoms with E-state index < -0.39 is 0 Å². The van der Waals surface area contributed by atoms with Gasteiger partial charge in [-0.1, -0.05) is 13.8 Å². The molecule has 1 fully saturated rings. The van der Waals surface area contributed by atoms with Crippen LogP contribution in [0.1, 0.15) is 20.3 Å². The molecule has 0 aromatic rings. The maximum atomic E-state index is 3.22. The molecule has 3 unspecified atom stereocenters. The van der Waals surface area contributed by atoms with Gasteiger partial charge in [0.25, 0.3) is 0 Å². The smallest absolute Gasteiger partial charge is 0.00162 e. The van der Waals surface area contributed by atoms with E-state index in [0.717, 1.165) is 24.3 Å². The number of nitrogens with zero attached hydrogens (tertiary/aromatic N) is 1. The van der Waals surface area contributed by atoms with Crippen LogP contribution in [0.3, 0.4) is 0 Å². The normalized spacial score (nSPS) is 29.3. The number of nitrogens with one attached hydrogen (secondary N) is 1. The topological polar surface area (TPSA) is 15.3 Å². The molecule has 0 radical (unpaired) electrons. The standard InChI is InChI=1S/C11H24N2/c1-9(6-12-3)7-13(4)8-11-5-10(11)2/h9-12H,5-8H2,1-4H3. The molecule has 0 saturated heterocycles. The van der Waals surface area contributed by atoms with Gasteiger partial charge in [0.2, 0.25) is 0 Å². The third-order valence-electron chi connectivity index (χ3n) is 3.00. The van der Waals surface area contributed by atoms with E-state index in [2.05, 4.69) is 31.1 Å². The van der Waals surface area contributed by atoms with E-state index in [4.69, 9.17) is 0 Å². The van der Waals surface area contributed by atoms with Crippen LogP contribution in [0.25, 0.3) is 0 Å². The predicted molar refractivity (Wildman–Crippen MR) is 57.9 cm³/mol. The molecule has 78 valence electrons. The quantitative estimate of drug-likeness (QED) is 0.672. The minimum absolute atomic E-state index is 0.768. The molecule has 0 spiro atoms. The Bertz CT molecular complexity index is 147. The van der Waals surface area contributed by atoms with E-state index in [-0.39, 0.29) is 0 Å². The molecular weight excluding hydrogens is 160 g/mol. The van der Waals surface area contributed by atoms with E-state index >= 15 is 0 Å². The van der Waals surface area contributed by atoms with Crippen LogP contribution in [0.15, 0.2) is 0 Å². The van der Waals surface area contributed by atoms with Crippen LogP contribution in [0.5, 0.6) is 0 Å². The summed E-state index contributed by atoms with van der Waals surface area (Å²) in [5.74, 6) is 2.75. The minimum Gasteiger partial charge on any atom is -0.319 e. The average Bonchev–Trinajstić information content (AvgIpc) is 2.65. The lowest BCUT2D eigenvalue weighted by Gasteiger charge is -2.21. The van der Waals surface area contributed by atoms with Crippen molar-refractivity contribution in [3.8, 4) is 0 Å². The van der Waals surface area contributed by atoms with Gasteiger partial charge in [0.1, 0.15) is 0 Å². The molecule has 1 saturated carbocycles. The maximum Gasteiger partial charge on any atom is 0.00162 e. The first-order valence-electron chi connectivity index (χ1n) is 5.46. The van der Waals surface area contributed by atoms with E-state index in [0.29, 0.717) is 0 Å². The molecule has 0 bridgehead atoms. The van der Waals surface area contributed by atoms with E-state index in [9.17, 15) is 0 Å². The lowest BCUT2D eigenvalue weighted by molar-refractivity contribution is 0.270. The molecule has 13 heavy (non-hydrogen) atoms. The average molecular weight is 184 g/mol. The van der Waals surface area contributed by atoms with Gasteiger partial charge in [0.05, 0.1) is 0 Å². The second kappa shape index (κ2) is 4.97. The van der Waals surface area contributed by atoms with Gasteiger partial charge in [0, 0.05) is 13.1 Å². The third kappa shape index (κ3) is 4.10. The van der Waals surface area contributed by atoms with Crippen molar-refractivity contribution >= 4 is 0 Å². The molecule has 0 aromatic carbocycles. The Kier molecular flexibility index (Phi) is 4.20. The molecule has 3 atom stereocenters. The van der Waals surface area contributed by atoms with E-state index in [1.165, 1.54) is 19.5 Å². The highest BCUT2D eigenvalue weighted by molar-refractivity contribution is 4.84. The Balaban J connectivity index is 2.06. The summed E-state index contributed by atoms with van der Waals surface area (Å²) in [6.45, 7) is 8.32. The fourth-order valence-corrected chi connectivity index (χ4v) is 2.07. The molecule has 0 heterocycles. The number of hydrogen-bond donors (Lipinski definition) is 1. The van der Waals surface area contributed by atoms with Crippen molar-refractivity contribution in [1.82, 2.24) is 10.2 Å². The fourth-order valence-electron chi connectivity index (χ4n) is 2.07. The van der Waals surface area contributed by atoms with Crippen LogP contribution in [-0.2, 0) is 0 Å². The van der Waals surface area contributed by atoms with Crippen LogP contribution in [0.4, 0.5) is 0 Å². The largest absolute Gasteiger partial charge is 0.319 e. The lowest BCUT2D eigenvalue weighted by atomic mass is 10.1. The zero-order chi connectivity index (χ0) is 9.84. The second-order valence-electron chi connectivity index (χ2n) is 4.86. The van der Waals surface area contributed by atoms with Gasteiger partial charge in [-0.05, 0) is 44.8 Å². The number of hydrogen-bond acceptors (Lipinski definition) is 2. The molecule has 2 heteroatoms. The van der Waals surface area contributed by atoms with Gasteiger partial charge in [-0.25, -0.2) is 0 Å². The highest BCUT2D eigenvalue weighted by atomic mass is 15.1. The van der Waals surface area contributed by atoms with Gasteiger partial charge < -0.3 is 10.2 Å². The first kappa shape index (κ1) is 11.0. The fraction of sp³-hybridized carbons (Fsp3) is 1.00. The summed E-state index contributed by atoms with van der Waals surface area (Å²) in [6.07, 6.45) is 1.45. The van der Waals surface area contributed by atoms with Crippen molar-refractivity contribution in [3.05, 3.63) is 0 Å². The van der Waals surface area contributed by atoms with Crippen molar-refractivity contribution in [2.24, 2.45) is 17.8 Å². The van der Waals surface area contributed by atoms with E-state index in [1.807, 2.05) is 7.05 Å². The van der Waals surface area contributed by atoms with Crippen LogP contribution in [-0.4, -0.2) is 38.6 Å². The second-order valence-corrected chi connectivity index (χ2v) is 4.86. The van der Waals surface area contributed by atoms with Crippen molar-refractivity contribution in [3.63, 3.8) is 0 Å². The Morgan fingerprint density at radius 3 is 2.62 bits per heavy atom. The summed E-state index contributed by atoms with van der Waals surface area (Å²) < 4.78 is 0. The molecule has 1 aliphatic rings. The van der Waals surface area contributed by atoms with Crippen LogP contribution >= 0.6 is 0 Å². The van der Waals surface area contributed by atoms with Crippen molar-refractivity contribution in [1.29, 1.82) is 0 Å². The monoisotopic (exact) mass is 184 g/mol. The van der Waals surface area contributed by atoms with Crippen molar-refractivity contribution < 1.29 is 0 Å². The first-order chi connectivity index (χ1) is 6.13. The lowest BCUT2D eigenvalue weighted by Crippen LogP contribution is -2.31. The van der Waals surface area contributed by atoms with Crippen molar-refractivity contribution in [2.75, 3.05) is 33.7 Å². The zero-order valence-electron chi connectivity index (χ0n) is 9.51. The van der Waals surface area contributed by atoms with E-state index in [1.54, 1.807) is 0 Å². The van der Waals surface area contributed by atoms with Gasteiger partial charge >= 0.3 is 0 Å². The molecule has 1 rings (SSSR count). The predicted octanol–water partition coefficient (Wildman–Crippen LogP) is 1.43. The molecule has 0 aromatic heterocycles. The molecule has 2 nitrogen and oxygen atoms in total. The molecular formula is C11H24N2. The highest BCUT2D eigenvalue weighted by Gasteiger charge is 2.33. The minimum atomic E-state index is 0.768. The third-order valence-corrected chi connectivity index (χ3v) is 3.00. The summed E-state index contributed by atoms with van der Waals surface area (Å²) in [7, 11) is 4.27. The first-order valence-corrected chi connectivity index (χ1v) is 5.46. The number of rotatable bonds is 6. The Morgan fingerprint density at radius 1 is 1.54 bits per heavy atom. The molecule has 1 aliphatic carbocycles. The molecule has 0 amide bonds. The Hall–Kier alpha value is -0.0800. The van der Waals surface area contributed by atoms with Crippen LogP contribution < -0.4 is 5.32 Å². The Morgan fingerprint density at radius 2 is 2.15 bits per heavy atom. The Labute approximate surface area is 82.7 Å². The molecule has 1 N–H and O–H groups in total. The maximum absolute atomic E-state index is 3.22. The summed E-state index contributed by atoms with van der Waals surface area (Å²) in [5, 5.41) is 3.22. The van der Waals surface area contributed by atoms with Crippen molar-refractivity contribution in [2.45, 2.75) is 20.3 Å². The summed E-state index contributed by atoms with van der Waals surface area (Å²) in [4.78, 5) is 2.48. The van der Waals surface area contributed by atoms with Crippen LogP contribution in [0, 0.1) is 17.8 Å². The van der Waals surface area contributed by atoms with Gasteiger partial charge in [0.15, 0.2) is 0 Å². The summed E-state index contributed by atoms with van der Waals surface area (Å²) in [5.41, 5.74) is 0. The SMILES string of the molecule is CNCC(C)CN(C)CC1CC1C. The van der Waals surface area contributed by atoms with Gasteiger partial charge in [-0.3, -0.25) is 0 Å². The summed E-state index contributed by atoms with van der Waals surface area (Å²) >= 11 is 0. The van der Waals surface area contributed by atoms with Gasteiger partial charge in [-0.2, -0.15) is 0 Å². The summed E-state index contributed by atoms with van der Waals surface area (Å²) in [6, 6.07) is 0. The zero-order valence-corrected chi connectivity index (χ0v) is 9.51.